The molecule has 0 aromatic heterocycles. The lowest BCUT2D eigenvalue weighted by molar-refractivity contribution is -0.224. The molecule has 2 aliphatic rings. The number of carbonyl (C=O) groups excluding carboxylic acids is 2. The van der Waals surface area contributed by atoms with E-state index in [1.165, 1.54) is 13.8 Å². The molecule has 7 nitrogen and oxygen atoms in total. The van der Waals surface area contributed by atoms with Crippen molar-refractivity contribution in [1.29, 1.82) is 0 Å². The van der Waals surface area contributed by atoms with Crippen molar-refractivity contribution < 1.29 is 33.0 Å². The van der Waals surface area contributed by atoms with Crippen LogP contribution in [0.3, 0.4) is 0 Å². The van der Waals surface area contributed by atoms with Gasteiger partial charge in [-0.3, -0.25) is 9.59 Å². The lowest BCUT2D eigenvalue weighted by Crippen LogP contribution is -2.60. The summed E-state index contributed by atoms with van der Waals surface area (Å²) in [7, 11) is -2.18. The van der Waals surface area contributed by atoms with Crippen molar-refractivity contribution in [2.75, 3.05) is 0 Å². The van der Waals surface area contributed by atoms with Crippen molar-refractivity contribution >= 4 is 20.3 Å². The first-order valence-corrected chi connectivity index (χ1v) is 15.1. The highest BCUT2D eigenvalue weighted by Gasteiger charge is 2.73. The molecule has 0 radical (unpaired) electrons. The molecule has 2 unspecified atom stereocenters. The molecule has 1 saturated heterocycles. The van der Waals surface area contributed by atoms with Gasteiger partial charge in [0.15, 0.2) is 14.4 Å². The van der Waals surface area contributed by atoms with Gasteiger partial charge in [-0.2, -0.15) is 0 Å². The predicted molar refractivity (Wildman–Crippen MR) is 130 cm³/mol. The Morgan fingerprint density at radius 2 is 1.65 bits per heavy atom. The van der Waals surface area contributed by atoms with E-state index < -0.39 is 50.0 Å². The van der Waals surface area contributed by atoms with E-state index in [1.807, 2.05) is 37.3 Å². The van der Waals surface area contributed by atoms with Crippen LogP contribution in [-0.4, -0.2) is 50.0 Å². The Balaban J connectivity index is 2.03. The highest BCUT2D eigenvalue weighted by Crippen LogP contribution is 2.60. The Labute approximate surface area is 204 Å². The molecule has 1 saturated carbocycles. The van der Waals surface area contributed by atoms with Crippen LogP contribution in [-0.2, 0) is 39.6 Å². The van der Waals surface area contributed by atoms with Crippen LogP contribution in [0.1, 0.15) is 66.4 Å². The zero-order valence-corrected chi connectivity index (χ0v) is 22.8. The lowest BCUT2D eigenvalue weighted by Gasteiger charge is -2.47. The smallest absolute Gasteiger partial charge is 0.305 e. The molecular weight excluding hydrogens is 452 g/mol. The van der Waals surface area contributed by atoms with E-state index in [4.69, 9.17) is 23.4 Å². The van der Waals surface area contributed by atoms with Crippen LogP contribution in [0.25, 0.3) is 0 Å². The second kappa shape index (κ2) is 9.72. The van der Waals surface area contributed by atoms with Crippen LogP contribution in [0.15, 0.2) is 30.3 Å². The molecule has 4 atom stereocenters. The van der Waals surface area contributed by atoms with Gasteiger partial charge in [0.05, 0.1) is 12.2 Å². The second-order valence-corrected chi connectivity index (χ2v) is 15.7. The Morgan fingerprint density at radius 3 is 2.12 bits per heavy atom. The molecule has 2 fully saturated rings. The van der Waals surface area contributed by atoms with E-state index in [1.54, 1.807) is 0 Å². The van der Waals surface area contributed by atoms with Crippen LogP contribution < -0.4 is 0 Å². The van der Waals surface area contributed by atoms with Crippen molar-refractivity contribution in [1.82, 2.24) is 0 Å². The van der Waals surface area contributed by atoms with Gasteiger partial charge in [-0.05, 0) is 43.0 Å². The lowest BCUT2D eigenvalue weighted by atomic mass is 9.84. The summed E-state index contributed by atoms with van der Waals surface area (Å²) >= 11 is 0. The van der Waals surface area contributed by atoms with Crippen molar-refractivity contribution in [2.45, 2.75) is 115 Å². The number of esters is 2. The fraction of sp³-hybridized carbons (Fsp3) is 0.692. The molecule has 3 rings (SSSR count). The standard InChI is InChI=1S/C26H40O7Si/c1-9-26(25(15-16-25)33-34(7,8)24(4,5)6)22(29-17-20-13-11-10-12-14-20)21(30-18(2)27)23(32-26)31-19(3)28/h10-14,21-23H,9,15-17H2,1-8H3/t21-,22?,23?,26-/m0/s1. The summed E-state index contributed by atoms with van der Waals surface area (Å²) in [6, 6.07) is 9.80. The zero-order valence-electron chi connectivity index (χ0n) is 21.8. The fourth-order valence-corrected chi connectivity index (χ4v) is 6.30. The Morgan fingerprint density at radius 1 is 1.06 bits per heavy atom. The summed E-state index contributed by atoms with van der Waals surface area (Å²) in [5.74, 6) is -0.993. The summed E-state index contributed by atoms with van der Waals surface area (Å²) in [5, 5.41) is 0.00108. The minimum absolute atomic E-state index is 0.00108. The van der Waals surface area contributed by atoms with Gasteiger partial charge in [0, 0.05) is 13.8 Å². The third-order valence-corrected chi connectivity index (χ3v) is 12.0. The van der Waals surface area contributed by atoms with Gasteiger partial charge < -0.3 is 23.4 Å². The molecule has 0 spiro atoms. The minimum atomic E-state index is -2.18. The summed E-state index contributed by atoms with van der Waals surface area (Å²) < 4.78 is 31.3. The van der Waals surface area contributed by atoms with Crippen molar-refractivity contribution in [2.24, 2.45) is 0 Å². The zero-order chi connectivity index (χ0) is 25.4. The molecule has 1 aliphatic carbocycles. The van der Waals surface area contributed by atoms with Gasteiger partial charge in [0.25, 0.3) is 0 Å². The first-order valence-electron chi connectivity index (χ1n) is 12.1. The highest BCUT2D eigenvalue weighted by molar-refractivity contribution is 6.74. The maximum atomic E-state index is 12.1. The normalized spacial score (nSPS) is 28.4. The van der Waals surface area contributed by atoms with E-state index in [0.29, 0.717) is 13.0 Å². The molecule has 0 bridgehead atoms. The van der Waals surface area contributed by atoms with Crippen molar-refractivity contribution in [3.05, 3.63) is 35.9 Å². The van der Waals surface area contributed by atoms with Crippen LogP contribution in [0, 0.1) is 0 Å². The van der Waals surface area contributed by atoms with E-state index in [2.05, 4.69) is 33.9 Å². The fourth-order valence-electron chi connectivity index (χ4n) is 4.64. The molecular formula is C26H40O7Si. The van der Waals surface area contributed by atoms with E-state index in [0.717, 1.165) is 18.4 Å². The average Bonchev–Trinajstić information content (AvgIpc) is 3.44. The second-order valence-electron chi connectivity index (χ2n) is 11.0. The van der Waals surface area contributed by atoms with Crippen LogP contribution in [0.4, 0.5) is 0 Å². The first kappa shape index (κ1) is 26.9. The quantitative estimate of drug-likeness (QED) is 0.349. The van der Waals surface area contributed by atoms with Gasteiger partial charge in [0.1, 0.15) is 11.7 Å². The highest BCUT2D eigenvalue weighted by atomic mass is 28.4. The summed E-state index contributed by atoms with van der Waals surface area (Å²) in [4.78, 5) is 24.0. The third kappa shape index (κ3) is 5.25. The monoisotopic (exact) mass is 492 g/mol. The van der Waals surface area contributed by atoms with E-state index >= 15 is 0 Å². The van der Waals surface area contributed by atoms with Crippen LogP contribution in [0.5, 0.6) is 0 Å². The number of benzene rings is 1. The van der Waals surface area contributed by atoms with Gasteiger partial charge in [-0.1, -0.05) is 58.0 Å². The minimum Gasteiger partial charge on any atom is -0.453 e. The average molecular weight is 493 g/mol. The van der Waals surface area contributed by atoms with Gasteiger partial charge >= 0.3 is 11.9 Å². The number of hydrogen-bond donors (Lipinski definition) is 0. The molecule has 1 aromatic carbocycles. The Kier molecular flexibility index (Phi) is 7.68. The molecule has 1 aliphatic heterocycles. The summed E-state index contributed by atoms with van der Waals surface area (Å²) in [6.07, 6.45) is -0.473. The molecule has 0 N–H and O–H groups in total. The number of carbonyl (C=O) groups is 2. The predicted octanol–water partition coefficient (Wildman–Crippen LogP) is 5.13. The van der Waals surface area contributed by atoms with Crippen LogP contribution in [0.2, 0.25) is 18.1 Å². The van der Waals surface area contributed by atoms with Gasteiger partial charge in [-0.15, -0.1) is 0 Å². The summed E-state index contributed by atoms with van der Waals surface area (Å²) in [5.41, 5.74) is -0.545. The Hall–Kier alpha value is -1.74. The maximum absolute atomic E-state index is 12.1. The van der Waals surface area contributed by atoms with Crippen molar-refractivity contribution in [3.8, 4) is 0 Å². The number of ether oxygens (including phenoxy) is 4. The molecule has 8 heteroatoms. The van der Waals surface area contributed by atoms with Crippen LogP contribution >= 0.6 is 0 Å². The SMILES string of the molecule is CC[C@]1(C2(O[Si](C)(C)C(C)(C)C)CC2)OC(OC(C)=O)[C@@H](OC(C)=O)C1OCc1ccccc1. The van der Waals surface area contributed by atoms with Crippen molar-refractivity contribution in [3.63, 3.8) is 0 Å². The molecule has 190 valence electrons. The topological polar surface area (TPSA) is 80.3 Å². The van der Waals surface area contributed by atoms with E-state index in [9.17, 15) is 9.59 Å². The van der Waals surface area contributed by atoms with Gasteiger partial charge in [0.2, 0.25) is 6.29 Å². The third-order valence-electron chi connectivity index (χ3n) is 7.47. The molecule has 1 aromatic rings. The summed E-state index contributed by atoms with van der Waals surface area (Å²) in [6.45, 7) is 16.0. The Bertz CT molecular complexity index is 875. The maximum Gasteiger partial charge on any atom is 0.305 e. The molecule has 34 heavy (non-hydrogen) atoms. The number of rotatable bonds is 9. The van der Waals surface area contributed by atoms with Gasteiger partial charge in [-0.25, -0.2) is 0 Å². The first-order chi connectivity index (χ1) is 15.8. The number of hydrogen-bond acceptors (Lipinski definition) is 7. The van der Waals surface area contributed by atoms with E-state index in [-0.39, 0.29) is 5.04 Å². The molecule has 0 amide bonds. The molecule has 1 heterocycles. The largest absolute Gasteiger partial charge is 0.453 e.